The van der Waals surface area contributed by atoms with Crippen LogP contribution in [0.15, 0.2) is 85.7 Å². The molecule has 2 heterocycles. The highest BCUT2D eigenvalue weighted by atomic mass is 19.1. The van der Waals surface area contributed by atoms with Crippen LogP contribution in [0.4, 0.5) is 4.39 Å². The standard InChI is InChI=1S/C27H26FN3O2/c1-2-15-30-16-17-31(26(32)19-22-8-4-6-10-24(22)28)25(27(30)33)18-21-7-3-5-9-23(21)20-11-13-29-14-12-20/h2-14,25H,1,15-19H2/t25-/m0/s1. The molecule has 4 rings (SSSR count). The molecule has 1 aliphatic heterocycles. The van der Waals surface area contributed by atoms with E-state index in [0.717, 1.165) is 16.7 Å². The van der Waals surface area contributed by atoms with Crippen molar-refractivity contribution >= 4 is 11.8 Å². The zero-order chi connectivity index (χ0) is 23.2. The van der Waals surface area contributed by atoms with Crippen LogP contribution >= 0.6 is 0 Å². The predicted octanol–water partition coefficient (Wildman–Crippen LogP) is 3.90. The fourth-order valence-corrected chi connectivity index (χ4v) is 4.30. The molecule has 0 bridgehead atoms. The lowest BCUT2D eigenvalue weighted by atomic mass is 9.93. The summed E-state index contributed by atoms with van der Waals surface area (Å²) in [6.45, 7) is 5.00. The average Bonchev–Trinajstić information content (AvgIpc) is 2.84. The minimum Gasteiger partial charge on any atom is -0.335 e. The van der Waals surface area contributed by atoms with Gasteiger partial charge in [0.1, 0.15) is 11.9 Å². The van der Waals surface area contributed by atoms with Gasteiger partial charge in [-0.3, -0.25) is 14.6 Å². The molecule has 5 nitrogen and oxygen atoms in total. The van der Waals surface area contributed by atoms with Crippen molar-refractivity contribution in [1.29, 1.82) is 0 Å². The summed E-state index contributed by atoms with van der Waals surface area (Å²) in [5.74, 6) is -0.785. The van der Waals surface area contributed by atoms with Crippen LogP contribution in [0.1, 0.15) is 11.1 Å². The molecule has 1 fully saturated rings. The monoisotopic (exact) mass is 443 g/mol. The summed E-state index contributed by atoms with van der Waals surface area (Å²) < 4.78 is 14.2. The molecule has 0 saturated carbocycles. The number of piperazine rings is 1. The highest BCUT2D eigenvalue weighted by Gasteiger charge is 2.37. The van der Waals surface area contributed by atoms with Gasteiger partial charge in [-0.1, -0.05) is 48.5 Å². The first-order chi connectivity index (χ1) is 16.1. The summed E-state index contributed by atoms with van der Waals surface area (Å²) in [6, 6.07) is 17.3. The molecule has 0 radical (unpaired) electrons. The molecule has 0 spiro atoms. The third-order valence-electron chi connectivity index (χ3n) is 5.98. The van der Waals surface area contributed by atoms with Crippen LogP contribution in [-0.2, 0) is 22.4 Å². The van der Waals surface area contributed by atoms with Crippen molar-refractivity contribution in [3.05, 3.63) is 103 Å². The SMILES string of the molecule is C=CCN1CCN(C(=O)Cc2ccccc2F)[C@@H](Cc2ccccc2-c2ccncc2)C1=O. The minimum atomic E-state index is -0.666. The molecule has 1 atom stereocenters. The normalized spacial score (nSPS) is 16.0. The average molecular weight is 444 g/mol. The van der Waals surface area contributed by atoms with Crippen molar-refractivity contribution < 1.29 is 14.0 Å². The third-order valence-corrected chi connectivity index (χ3v) is 5.98. The summed E-state index contributed by atoms with van der Waals surface area (Å²) in [7, 11) is 0. The van der Waals surface area contributed by atoms with Gasteiger partial charge < -0.3 is 9.80 Å². The van der Waals surface area contributed by atoms with Gasteiger partial charge in [-0.05, 0) is 40.5 Å². The third kappa shape index (κ3) is 5.00. The molecule has 0 unspecified atom stereocenters. The second-order valence-corrected chi connectivity index (χ2v) is 8.04. The maximum atomic E-state index is 14.2. The Labute approximate surface area is 193 Å². The summed E-state index contributed by atoms with van der Waals surface area (Å²) in [6.07, 6.45) is 5.44. The van der Waals surface area contributed by atoms with Crippen molar-refractivity contribution in [1.82, 2.24) is 14.8 Å². The highest BCUT2D eigenvalue weighted by Crippen LogP contribution is 2.27. The number of halogens is 1. The van der Waals surface area contributed by atoms with E-state index in [9.17, 15) is 14.0 Å². The van der Waals surface area contributed by atoms with Crippen LogP contribution in [0.5, 0.6) is 0 Å². The lowest BCUT2D eigenvalue weighted by molar-refractivity contribution is -0.150. The summed E-state index contributed by atoms with van der Waals surface area (Å²) >= 11 is 0. The van der Waals surface area contributed by atoms with Crippen LogP contribution in [0.3, 0.4) is 0 Å². The molecule has 2 aromatic carbocycles. The highest BCUT2D eigenvalue weighted by molar-refractivity contribution is 5.90. The van der Waals surface area contributed by atoms with E-state index >= 15 is 0 Å². The van der Waals surface area contributed by atoms with Gasteiger partial charge in [0.2, 0.25) is 11.8 Å². The molecule has 168 valence electrons. The Balaban J connectivity index is 1.65. The van der Waals surface area contributed by atoms with Gasteiger partial charge in [0.25, 0.3) is 0 Å². The Kier molecular flexibility index (Phi) is 6.93. The number of rotatable bonds is 7. The van der Waals surface area contributed by atoms with Crippen molar-refractivity contribution in [2.45, 2.75) is 18.9 Å². The van der Waals surface area contributed by atoms with E-state index in [4.69, 9.17) is 0 Å². The first-order valence-corrected chi connectivity index (χ1v) is 11.0. The Hall–Kier alpha value is -3.80. The molecule has 1 saturated heterocycles. The smallest absolute Gasteiger partial charge is 0.246 e. The van der Waals surface area contributed by atoms with E-state index in [2.05, 4.69) is 11.6 Å². The lowest BCUT2D eigenvalue weighted by Gasteiger charge is -2.40. The second kappa shape index (κ2) is 10.2. The van der Waals surface area contributed by atoms with Gasteiger partial charge in [0, 0.05) is 38.4 Å². The van der Waals surface area contributed by atoms with Crippen LogP contribution < -0.4 is 0 Å². The molecule has 0 aliphatic carbocycles. The number of hydrogen-bond acceptors (Lipinski definition) is 3. The zero-order valence-corrected chi connectivity index (χ0v) is 18.4. The summed E-state index contributed by atoms with van der Waals surface area (Å²) in [4.78, 5) is 34.1. The molecule has 2 amide bonds. The Morgan fingerprint density at radius 2 is 1.73 bits per heavy atom. The predicted molar refractivity (Wildman–Crippen MR) is 126 cm³/mol. The minimum absolute atomic E-state index is 0.0795. The lowest BCUT2D eigenvalue weighted by Crippen LogP contribution is -2.59. The van der Waals surface area contributed by atoms with E-state index in [1.54, 1.807) is 46.5 Å². The Bertz CT molecular complexity index is 1150. The van der Waals surface area contributed by atoms with Gasteiger partial charge in [0.05, 0.1) is 6.42 Å². The maximum Gasteiger partial charge on any atom is 0.246 e. The van der Waals surface area contributed by atoms with E-state index in [1.807, 2.05) is 36.4 Å². The molecule has 33 heavy (non-hydrogen) atoms. The Morgan fingerprint density at radius 1 is 1.03 bits per heavy atom. The Morgan fingerprint density at radius 3 is 2.45 bits per heavy atom. The van der Waals surface area contributed by atoms with Crippen molar-refractivity contribution in [3.63, 3.8) is 0 Å². The zero-order valence-electron chi connectivity index (χ0n) is 18.4. The van der Waals surface area contributed by atoms with Gasteiger partial charge >= 0.3 is 0 Å². The van der Waals surface area contributed by atoms with E-state index in [1.165, 1.54) is 6.07 Å². The molecule has 1 aliphatic rings. The summed E-state index contributed by atoms with van der Waals surface area (Å²) in [5, 5.41) is 0. The first kappa shape index (κ1) is 22.4. The van der Waals surface area contributed by atoms with Crippen LogP contribution in [0, 0.1) is 5.82 Å². The van der Waals surface area contributed by atoms with Crippen LogP contribution in [0.2, 0.25) is 0 Å². The van der Waals surface area contributed by atoms with Gasteiger partial charge in [-0.15, -0.1) is 6.58 Å². The number of nitrogens with zero attached hydrogens (tertiary/aromatic N) is 3. The van der Waals surface area contributed by atoms with Crippen molar-refractivity contribution in [2.24, 2.45) is 0 Å². The molecule has 0 N–H and O–H groups in total. The fraction of sp³-hybridized carbons (Fsp3) is 0.222. The molecular formula is C27H26FN3O2. The van der Waals surface area contributed by atoms with Gasteiger partial charge in [0.15, 0.2) is 0 Å². The number of carbonyl (C=O) groups is 2. The number of carbonyl (C=O) groups excluding carboxylic acids is 2. The van der Waals surface area contributed by atoms with E-state index < -0.39 is 11.9 Å². The topological polar surface area (TPSA) is 53.5 Å². The number of benzene rings is 2. The number of amides is 2. The van der Waals surface area contributed by atoms with Crippen molar-refractivity contribution in [3.8, 4) is 11.1 Å². The summed E-state index contributed by atoms with van der Waals surface area (Å²) in [5.41, 5.74) is 3.29. The number of aromatic nitrogens is 1. The van der Waals surface area contributed by atoms with Crippen molar-refractivity contribution in [2.75, 3.05) is 19.6 Å². The molecular weight excluding hydrogens is 417 g/mol. The largest absolute Gasteiger partial charge is 0.335 e. The maximum absolute atomic E-state index is 14.2. The van der Waals surface area contributed by atoms with Gasteiger partial charge in [-0.25, -0.2) is 4.39 Å². The van der Waals surface area contributed by atoms with E-state index in [0.29, 0.717) is 31.6 Å². The molecule has 1 aromatic heterocycles. The fourth-order valence-electron chi connectivity index (χ4n) is 4.30. The molecule has 6 heteroatoms. The van der Waals surface area contributed by atoms with Crippen LogP contribution in [-0.4, -0.2) is 52.3 Å². The first-order valence-electron chi connectivity index (χ1n) is 11.0. The van der Waals surface area contributed by atoms with Crippen LogP contribution in [0.25, 0.3) is 11.1 Å². The second-order valence-electron chi connectivity index (χ2n) is 8.04. The van der Waals surface area contributed by atoms with Gasteiger partial charge in [-0.2, -0.15) is 0 Å². The quantitative estimate of drug-likeness (QED) is 0.521. The number of hydrogen-bond donors (Lipinski definition) is 0. The number of pyridine rings is 1. The van der Waals surface area contributed by atoms with E-state index in [-0.39, 0.29) is 18.2 Å². The molecule has 3 aromatic rings.